The molecule has 1 amide bonds. The van der Waals surface area contributed by atoms with Crippen molar-refractivity contribution in [2.45, 2.75) is 39.0 Å². The summed E-state index contributed by atoms with van der Waals surface area (Å²) in [5.74, 6) is -0.409. The maximum atomic E-state index is 13.7. The molecule has 1 atom stereocenters. The number of nitrogens with one attached hydrogen (secondary N) is 1. The average Bonchev–Trinajstić information content (AvgIpc) is 3.00. The van der Waals surface area contributed by atoms with Crippen molar-refractivity contribution < 1.29 is 9.59 Å². The molecule has 3 heterocycles. The third-order valence-electron chi connectivity index (χ3n) is 6.55. The van der Waals surface area contributed by atoms with E-state index < -0.39 is 11.3 Å². The molecule has 0 saturated carbocycles. The number of fused-ring (bicyclic) bond motifs is 3. The number of rotatable bonds is 1. The van der Waals surface area contributed by atoms with Gasteiger partial charge in [0.2, 0.25) is 5.91 Å². The Morgan fingerprint density at radius 2 is 2.00 bits per heavy atom. The van der Waals surface area contributed by atoms with Gasteiger partial charge in [0.15, 0.2) is 5.78 Å². The summed E-state index contributed by atoms with van der Waals surface area (Å²) in [7, 11) is 0. The van der Waals surface area contributed by atoms with Crippen molar-refractivity contribution in [2.75, 3.05) is 10.2 Å². The highest BCUT2D eigenvalue weighted by molar-refractivity contribution is 6.20. The monoisotopic (exact) mass is 425 g/mol. The van der Waals surface area contributed by atoms with E-state index in [-0.39, 0.29) is 29.0 Å². The van der Waals surface area contributed by atoms with Gasteiger partial charge in [-0.3, -0.25) is 19.5 Å². The Morgan fingerprint density at radius 1 is 1.22 bits per heavy atom. The molecule has 3 N–H and O–H groups in total. The molecule has 0 radical (unpaired) electrons. The van der Waals surface area contributed by atoms with Crippen LogP contribution in [0.1, 0.15) is 37.8 Å². The molecule has 7 heteroatoms. The van der Waals surface area contributed by atoms with Crippen LogP contribution in [-0.4, -0.2) is 16.7 Å². The highest BCUT2D eigenvalue weighted by atomic mass is 16.2. The molecule has 2 aliphatic heterocycles. The lowest BCUT2D eigenvalue weighted by Crippen LogP contribution is -2.52. The fraction of sp³-hybridized carbons (Fsp3) is 0.280. The van der Waals surface area contributed by atoms with Crippen LogP contribution in [0.3, 0.4) is 0 Å². The first-order valence-electron chi connectivity index (χ1n) is 10.5. The summed E-state index contributed by atoms with van der Waals surface area (Å²) in [5.41, 5.74) is 8.60. The summed E-state index contributed by atoms with van der Waals surface area (Å²) in [5, 5.41) is 13.2. The van der Waals surface area contributed by atoms with E-state index in [1.54, 1.807) is 23.4 Å². The second-order valence-corrected chi connectivity index (χ2v) is 9.43. The van der Waals surface area contributed by atoms with Crippen molar-refractivity contribution in [3.8, 4) is 6.07 Å². The lowest BCUT2D eigenvalue weighted by atomic mass is 9.60. The summed E-state index contributed by atoms with van der Waals surface area (Å²) in [6.45, 7) is 5.96. The van der Waals surface area contributed by atoms with E-state index in [2.05, 4.69) is 16.4 Å². The normalized spacial score (nSPS) is 23.8. The minimum Gasteiger partial charge on any atom is -0.384 e. The molecule has 0 unspecified atom stereocenters. The molecule has 0 fully saturated rings. The smallest absolute Gasteiger partial charge is 0.245 e. The van der Waals surface area contributed by atoms with E-state index in [1.807, 2.05) is 45.0 Å². The van der Waals surface area contributed by atoms with Crippen molar-refractivity contribution in [1.82, 2.24) is 4.98 Å². The van der Waals surface area contributed by atoms with Crippen LogP contribution in [0.2, 0.25) is 0 Å². The van der Waals surface area contributed by atoms with Crippen LogP contribution in [0.5, 0.6) is 0 Å². The molecule has 1 spiro atoms. The number of allylic oxidation sites excluding steroid dienone is 1. The Kier molecular flexibility index (Phi) is 4.09. The van der Waals surface area contributed by atoms with Gasteiger partial charge in [0, 0.05) is 35.1 Å². The number of aromatic nitrogens is 1. The Hall–Kier alpha value is -3.92. The predicted molar refractivity (Wildman–Crippen MR) is 120 cm³/mol. The Balaban J connectivity index is 1.92. The number of nitriles is 1. The first kappa shape index (κ1) is 20.0. The van der Waals surface area contributed by atoms with Crippen molar-refractivity contribution in [3.63, 3.8) is 0 Å². The highest BCUT2D eigenvalue weighted by Crippen LogP contribution is 2.57. The summed E-state index contributed by atoms with van der Waals surface area (Å²) in [4.78, 5) is 33.3. The molecule has 2 aromatic rings. The van der Waals surface area contributed by atoms with Gasteiger partial charge in [0.25, 0.3) is 0 Å². The Bertz CT molecular complexity index is 1300. The molecule has 1 aliphatic carbocycles. The minimum atomic E-state index is -1.55. The standard InChI is InChI=1S/C25H23N5O2/c1-14-6-7-18-16(9-14)25(23(32)29-18)17(12-26)22(27)30(15-5-4-8-28-13-15)19-10-24(2,3)11-20(31)21(19)25/h4-9,13H,10-11,27H2,1-3H3,(H,29,32)/t25-/m0/s1. The summed E-state index contributed by atoms with van der Waals surface area (Å²) in [6, 6.07) is 11.4. The van der Waals surface area contributed by atoms with Crippen LogP contribution < -0.4 is 16.0 Å². The fourth-order valence-corrected chi connectivity index (χ4v) is 5.31. The molecule has 160 valence electrons. The lowest BCUT2D eigenvalue weighted by Gasteiger charge is -2.46. The number of amides is 1. The van der Waals surface area contributed by atoms with Crippen LogP contribution in [0.15, 0.2) is 65.4 Å². The zero-order chi connectivity index (χ0) is 22.8. The number of Topliss-reactive ketones (excluding diaryl/α,β-unsaturated/α-hetero) is 1. The van der Waals surface area contributed by atoms with Crippen LogP contribution in [-0.2, 0) is 15.0 Å². The molecule has 7 nitrogen and oxygen atoms in total. The molecule has 5 rings (SSSR count). The van der Waals surface area contributed by atoms with Gasteiger partial charge >= 0.3 is 0 Å². The quantitative estimate of drug-likeness (QED) is 0.724. The molecular weight excluding hydrogens is 402 g/mol. The van der Waals surface area contributed by atoms with E-state index in [0.29, 0.717) is 34.6 Å². The number of carbonyl (C=O) groups is 2. The molecule has 0 bridgehead atoms. The van der Waals surface area contributed by atoms with E-state index in [0.717, 1.165) is 5.56 Å². The number of nitrogens with zero attached hydrogens (tertiary/aromatic N) is 3. The third-order valence-corrected chi connectivity index (χ3v) is 6.55. The largest absolute Gasteiger partial charge is 0.384 e. The zero-order valence-corrected chi connectivity index (χ0v) is 18.2. The van der Waals surface area contributed by atoms with Crippen LogP contribution in [0.4, 0.5) is 11.4 Å². The van der Waals surface area contributed by atoms with E-state index in [4.69, 9.17) is 5.73 Å². The van der Waals surface area contributed by atoms with Gasteiger partial charge < -0.3 is 11.1 Å². The number of anilines is 2. The first-order valence-corrected chi connectivity index (χ1v) is 10.5. The molecule has 32 heavy (non-hydrogen) atoms. The van der Waals surface area contributed by atoms with Gasteiger partial charge in [-0.25, -0.2) is 0 Å². The number of aryl methyl sites for hydroxylation is 1. The van der Waals surface area contributed by atoms with Gasteiger partial charge in [-0.2, -0.15) is 5.26 Å². The zero-order valence-electron chi connectivity index (χ0n) is 18.2. The lowest BCUT2D eigenvalue weighted by molar-refractivity contribution is -0.123. The van der Waals surface area contributed by atoms with E-state index >= 15 is 0 Å². The van der Waals surface area contributed by atoms with Crippen LogP contribution in [0, 0.1) is 23.7 Å². The molecule has 0 saturated heterocycles. The van der Waals surface area contributed by atoms with Crippen molar-refractivity contribution in [3.05, 3.63) is 76.5 Å². The summed E-state index contributed by atoms with van der Waals surface area (Å²) >= 11 is 0. The maximum absolute atomic E-state index is 13.7. The summed E-state index contributed by atoms with van der Waals surface area (Å²) < 4.78 is 0. The van der Waals surface area contributed by atoms with Gasteiger partial charge in [0.05, 0.1) is 17.5 Å². The van der Waals surface area contributed by atoms with Crippen LogP contribution >= 0.6 is 0 Å². The SMILES string of the molecule is Cc1ccc2c(c1)[C@]1(C(=O)N2)C(C#N)=C(N)N(c2cccnc2)C2=C1C(=O)CC(C)(C)C2. The number of pyridine rings is 1. The van der Waals surface area contributed by atoms with Crippen molar-refractivity contribution >= 4 is 23.1 Å². The van der Waals surface area contributed by atoms with Crippen molar-refractivity contribution in [1.29, 1.82) is 5.26 Å². The number of nitrogens with two attached hydrogens (primary N) is 1. The molecule has 1 aromatic heterocycles. The van der Waals surface area contributed by atoms with Gasteiger partial charge in [-0.1, -0.05) is 31.5 Å². The predicted octanol–water partition coefficient (Wildman–Crippen LogP) is 3.44. The fourth-order valence-electron chi connectivity index (χ4n) is 5.31. The second-order valence-electron chi connectivity index (χ2n) is 9.43. The molecular formula is C25H23N5O2. The number of benzene rings is 1. The van der Waals surface area contributed by atoms with Gasteiger partial charge in [-0.15, -0.1) is 0 Å². The maximum Gasteiger partial charge on any atom is 0.245 e. The van der Waals surface area contributed by atoms with E-state index in [9.17, 15) is 14.9 Å². The average molecular weight is 425 g/mol. The topological polar surface area (TPSA) is 112 Å². The Morgan fingerprint density at radius 3 is 2.69 bits per heavy atom. The highest BCUT2D eigenvalue weighted by Gasteiger charge is 2.61. The van der Waals surface area contributed by atoms with E-state index in [1.165, 1.54) is 0 Å². The number of hydrogen-bond acceptors (Lipinski definition) is 6. The van der Waals surface area contributed by atoms with Crippen LogP contribution in [0.25, 0.3) is 0 Å². The molecule has 1 aromatic carbocycles. The van der Waals surface area contributed by atoms with Crippen molar-refractivity contribution in [2.24, 2.45) is 11.1 Å². The van der Waals surface area contributed by atoms with Gasteiger partial charge in [-0.05, 0) is 37.0 Å². The second kappa shape index (κ2) is 6.54. The third kappa shape index (κ3) is 2.50. The minimum absolute atomic E-state index is 0.0648. The molecule has 3 aliphatic rings. The first-order chi connectivity index (χ1) is 15.2. The number of hydrogen-bond donors (Lipinski definition) is 2. The summed E-state index contributed by atoms with van der Waals surface area (Å²) in [6.07, 6.45) is 4.10. The Labute approximate surface area is 186 Å². The number of ketones is 1. The number of carbonyl (C=O) groups excluding carboxylic acids is 2. The van der Waals surface area contributed by atoms with Gasteiger partial charge in [0.1, 0.15) is 17.3 Å².